The molecule has 0 spiro atoms. The van der Waals surface area contributed by atoms with Crippen LogP contribution in [0.1, 0.15) is 48.5 Å². The minimum atomic E-state index is -0.478. The van der Waals surface area contributed by atoms with E-state index in [2.05, 4.69) is 19.9 Å². The van der Waals surface area contributed by atoms with Crippen LogP contribution in [-0.4, -0.2) is 17.8 Å². The molecule has 1 heterocycles. The smallest absolute Gasteiger partial charge is 0.117 e. The van der Waals surface area contributed by atoms with Crippen LogP contribution in [0.25, 0.3) is 0 Å². The Morgan fingerprint density at radius 2 is 2.29 bits per heavy atom. The summed E-state index contributed by atoms with van der Waals surface area (Å²) in [4.78, 5) is 2.28. The van der Waals surface area contributed by atoms with Gasteiger partial charge in [0.2, 0.25) is 0 Å². The predicted molar refractivity (Wildman–Crippen MR) is 71.4 cm³/mol. The molecule has 3 heteroatoms. The number of aliphatic hydroxyl groups excluding tert-OH is 1. The van der Waals surface area contributed by atoms with Gasteiger partial charge >= 0.3 is 0 Å². The maximum absolute atomic E-state index is 10.6. The first-order valence-corrected chi connectivity index (χ1v) is 7.18. The fraction of sp³-hybridized carbons (Fsp3) is 0.714. The highest BCUT2D eigenvalue weighted by Crippen LogP contribution is 2.44. The predicted octanol–water partition coefficient (Wildman–Crippen LogP) is 3.69. The average molecular weight is 254 g/mol. The Morgan fingerprint density at radius 1 is 1.53 bits per heavy atom. The van der Waals surface area contributed by atoms with Crippen molar-refractivity contribution in [3.8, 4) is 0 Å². The third kappa shape index (κ3) is 2.56. The zero-order valence-electron chi connectivity index (χ0n) is 10.9. The van der Waals surface area contributed by atoms with Crippen molar-refractivity contribution in [2.24, 2.45) is 5.92 Å². The number of aliphatic hydroxyl groups is 1. The van der Waals surface area contributed by atoms with Crippen LogP contribution in [0.15, 0.2) is 12.1 Å². The highest BCUT2D eigenvalue weighted by Gasteiger charge is 2.42. The van der Waals surface area contributed by atoms with Gasteiger partial charge in [0.15, 0.2) is 0 Å². The number of hydrogen-bond donors (Lipinski definition) is 1. The topological polar surface area (TPSA) is 29.5 Å². The number of thiophene rings is 1. The normalized spacial score (nSPS) is 31.4. The molecular formula is C14H22O2S. The van der Waals surface area contributed by atoms with Crippen molar-refractivity contribution < 1.29 is 9.84 Å². The second-order valence-corrected chi connectivity index (χ2v) is 6.64. The molecule has 1 aliphatic carbocycles. The summed E-state index contributed by atoms with van der Waals surface area (Å²) in [6.45, 7) is 4.32. The van der Waals surface area contributed by atoms with E-state index in [4.69, 9.17) is 4.74 Å². The molecule has 1 N–H and O–H groups in total. The SMILES string of the molecule is COC1(C(O)c2ccc(C)s2)CCCC(C)C1. The summed E-state index contributed by atoms with van der Waals surface area (Å²) in [6, 6.07) is 4.10. The van der Waals surface area contributed by atoms with Crippen LogP contribution in [0.2, 0.25) is 0 Å². The summed E-state index contributed by atoms with van der Waals surface area (Å²) >= 11 is 1.67. The summed E-state index contributed by atoms with van der Waals surface area (Å²) in [6.07, 6.45) is 3.85. The van der Waals surface area contributed by atoms with Gasteiger partial charge in [0.05, 0.1) is 5.60 Å². The quantitative estimate of drug-likeness (QED) is 0.891. The first-order chi connectivity index (χ1) is 8.07. The van der Waals surface area contributed by atoms with Gasteiger partial charge < -0.3 is 9.84 Å². The Kier molecular flexibility index (Phi) is 3.91. The second-order valence-electron chi connectivity index (χ2n) is 5.32. The van der Waals surface area contributed by atoms with Crippen molar-refractivity contribution in [1.82, 2.24) is 0 Å². The van der Waals surface area contributed by atoms with Crippen molar-refractivity contribution >= 4 is 11.3 Å². The molecule has 0 saturated heterocycles. The van der Waals surface area contributed by atoms with Crippen molar-refractivity contribution in [3.63, 3.8) is 0 Å². The molecule has 96 valence electrons. The summed E-state index contributed by atoms with van der Waals surface area (Å²) in [7, 11) is 1.74. The monoisotopic (exact) mass is 254 g/mol. The van der Waals surface area contributed by atoms with E-state index in [1.165, 1.54) is 11.3 Å². The first kappa shape index (κ1) is 13.1. The minimum absolute atomic E-state index is 0.366. The maximum Gasteiger partial charge on any atom is 0.117 e. The molecular weight excluding hydrogens is 232 g/mol. The average Bonchev–Trinajstić information content (AvgIpc) is 2.74. The standard InChI is InChI=1S/C14H22O2S/c1-10-5-4-8-14(9-10,16-3)13(15)12-7-6-11(2)17-12/h6-7,10,13,15H,4-5,8-9H2,1-3H3. The van der Waals surface area contributed by atoms with E-state index >= 15 is 0 Å². The zero-order chi connectivity index (χ0) is 12.5. The van der Waals surface area contributed by atoms with E-state index in [-0.39, 0.29) is 5.60 Å². The van der Waals surface area contributed by atoms with Crippen molar-refractivity contribution in [3.05, 3.63) is 21.9 Å². The molecule has 0 bridgehead atoms. The van der Waals surface area contributed by atoms with Gasteiger partial charge in [0.1, 0.15) is 6.10 Å². The molecule has 1 aromatic rings. The molecule has 0 radical (unpaired) electrons. The van der Waals surface area contributed by atoms with Crippen LogP contribution in [0, 0.1) is 12.8 Å². The van der Waals surface area contributed by atoms with Gasteiger partial charge in [-0.05, 0) is 37.8 Å². The summed E-state index contributed by atoms with van der Waals surface area (Å²) in [5.74, 6) is 0.638. The number of aryl methyl sites for hydroxylation is 1. The van der Waals surface area contributed by atoms with Gasteiger partial charge in [-0.1, -0.05) is 19.8 Å². The van der Waals surface area contributed by atoms with Crippen LogP contribution in [0.4, 0.5) is 0 Å². The Labute approximate surface area is 108 Å². The van der Waals surface area contributed by atoms with Crippen LogP contribution in [-0.2, 0) is 4.74 Å². The van der Waals surface area contributed by atoms with Crippen LogP contribution in [0.5, 0.6) is 0 Å². The van der Waals surface area contributed by atoms with E-state index in [1.54, 1.807) is 18.4 Å². The summed E-state index contributed by atoms with van der Waals surface area (Å²) in [5.41, 5.74) is -0.366. The number of hydrogen-bond acceptors (Lipinski definition) is 3. The molecule has 1 aromatic heterocycles. The van der Waals surface area contributed by atoms with Gasteiger partial charge in [-0.25, -0.2) is 0 Å². The van der Waals surface area contributed by atoms with E-state index in [9.17, 15) is 5.11 Å². The number of methoxy groups -OCH3 is 1. The van der Waals surface area contributed by atoms with E-state index in [1.807, 2.05) is 6.07 Å². The lowest BCUT2D eigenvalue weighted by Crippen LogP contribution is -2.42. The van der Waals surface area contributed by atoms with Crippen molar-refractivity contribution in [2.45, 2.75) is 51.2 Å². The fourth-order valence-electron chi connectivity index (χ4n) is 2.95. The van der Waals surface area contributed by atoms with Crippen LogP contribution >= 0.6 is 11.3 Å². The Balaban J connectivity index is 2.22. The van der Waals surface area contributed by atoms with Crippen molar-refractivity contribution in [2.75, 3.05) is 7.11 Å². The molecule has 1 saturated carbocycles. The molecule has 17 heavy (non-hydrogen) atoms. The van der Waals surface area contributed by atoms with Gasteiger partial charge in [-0.15, -0.1) is 11.3 Å². The zero-order valence-corrected chi connectivity index (χ0v) is 11.7. The highest BCUT2D eigenvalue weighted by molar-refractivity contribution is 7.12. The number of ether oxygens (including phenoxy) is 1. The largest absolute Gasteiger partial charge is 0.385 e. The summed E-state index contributed by atoms with van der Waals surface area (Å²) < 4.78 is 5.73. The third-order valence-corrected chi connectivity index (χ3v) is 4.98. The lowest BCUT2D eigenvalue weighted by atomic mass is 9.75. The van der Waals surface area contributed by atoms with Gasteiger partial charge in [0, 0.05) is 16.9 Å². The van der Waals surface area contributed by atoms with Crippen molar-refractivity contribution in [1.29, 1.82) is 0 Å². The van der Waals surface area contributed by atoms with E-state index < -0.39 is 6.10 Å². The minimum Gasteiger partial charge on any atom is -0.385 e. The van der Waals surface area contributed by atoms with Crippen LogP contribution < -0.4 is 0 Å². The van der Waals surface area contributed by atoms with Gasteiger partial charge in [-0.3, -0.25) is 0 Å². The lowest BCUT2D eigenvalue weighted by molar-refractivity contribution is -0.132. The van der Waals surface area contributed by atoms with Crippen LogP contribution in [0.3, 0.4) is 0 Å². The molecule has 0 aromatic carbocycles. The summed E-state index contributed by atoms with van der Waals surface area (Å²) in [5, 5.41) is 10.6. The number of rotatable bonds is 3. The molecule has 3 unspecified atom stereocenters. The second kappa shape index (κ2) is 5.09. The molecule has 3 atom stereocenters. The molecule has 2 rings (SSSR count). The molecule has 1 fully saturated rings. The first-order valence-electron chi connectivity index (χ1n) is 6.37. The Hall–Kier alpha value is -0.380. The molecule has 0 aliphatic heterocycles. The van der Waals surface area contributed by atoms with E-state index in [0.717, 1.165) is 24.1 Å². The van der Waals surface area contributed by atoms with E-state index in [0.29, 0.717) is 5.92 Å². The maximum atomic E-state index is 10.6. The third-order valence-electron chi connectivity index (χ3n) is 3.93. The fourth-order valence-corrected chi connectivity index (χ4v) is 3.92. The molecule has 2 nitrogen and oxygen atoms in total. The Bertz CT molecular complexity index is 374. The highest BCUT2D eigenvalue weighted by atomic mass is 32.1. The molecule has 0 amide bonds. The lowest BCUT2D eigenvalue weighted by Gasteiger charge is -2.42. The Morgan fingerprint density at radius 3 is 2.82 bits per heavy atom. The van der Waals surface area contributed by atoms with Gasteiger partial charge in [-0.2, -0.15) is 0 Å². The molecule has 1 aliphatic rings. The van der Waals surface area contributed by atoms with Gasteiger partial charge in [0.25, 0.3) is 0 Å².